The van der Waals surface area contributed by atoms with E-state index < -0.39 is 0 Å². The third kappa shape index (κ3) is 4.20. The number of halogens is 1. The van der Waals surface area contributed by atoms with Crippen molar-refractivity contribution < 1.29 is 14.3 Å². The minimum Gasteiger partial charge on any atom is -0.493 e. The molecule has 0 bridgehead atoms. The van der Waals surface area contributed by atoms with Crippen molar-refractivity contribution >= 4 is 34.3 Å². The predicted molar refractivity (Wildman–Crippen MR) is 109 cm³/mol. The van der Waals surface area contributed by atoms with Gasteiger partial charge in [-0.1, -0.05) is 6.07 Å². The van der Waals surface area contributed by atoms with Crippen molar-refractivity contribution in [2.75, 3.05) is 32.2 Å². The van der Waals surface area contributed by atoms with E-state index in [2.05, 4.69) is 37.8 Å². The fourth-order valence-electron chi connectivity index (χ4n) is 3.09. The summed E-state index contributed by atoms with van der Waals surface area (Å²) in [5.41, 5.74) is 0.607. The van der Waals surface area contributed by atoms with Gasteiger partial charge in [-0.25, -0.2) is 4.98 Å². The van der Waals surface area contributed by atoms with Crippen LogP contribution in [0.25, 0.3) is 0 Å². The molecule has 0 unspecified atom stereocenters. The van der Waals surface area contributed by atoms with Crippen molar-refractivity contribution in [3.8, 4) is 11.5 Å². The van der Waals surface area contributed by atoms with Crippen LogP contribution in [0.1, 0.15) is 23.2 Å². The van der Waals surface area contributed by atoms with Gasteiger partial charge in [0.1, 0.15) is 5.82 Å². The second-order valence-electron chi connectivity index (χ2n) is 6.11. The molecule has 0 spiro atoms. The quantitative estimate of drug-likeness (QED) is 0.685. The van der Waals surface area contributed by atoms with Crippen molar-refractivity contribution in [3.05, 3.63) is 45.7 Å². The molecule has 1 fully saturated rings. The minimum atomic E-state index is -0.0772. The van der Waals surface area contributed by atoms with E-state index in [-0.39, 0.29) is 11.9 Å². The maximum Gasteiger partial charge on any atom is 0.252 e. The summed E-state index contributed by atoms with van der Waals surface area (Å²) < 4.78 is 11.4. The van der Waals surface area contributed by atoms with Gasteiger partial charge >= 0.3 is 0 Å². The van der Waals surface area contributed by atoms with Crippen molar-refractivity contribution in [2.45, 2.75) is 18.9 Å². The largest absolute Gasteiger partial charge is 0.493 e. The van der Waals surface area contributed by atoms with E-state index in [4.69, 9.17) is 9.47 Å². The van der Waals surface area contributed by atoms with Crippen molar-refractivity contribution in [2.24, 2.45) is 0 Å². The molecule has 0 atom stereocenters. The van der Waals surface area contributed by atoms with Gasteiger partial charge in [0.15, 0.2) is 11.5 Å². The number of rotatable bonds is 5. The fourth-order valence-corrected chi connectivity index (χ4v) is 3.77. The molecule has 1 aromatic carbocycles. The molecule has 0 radical (unpaired) electrons. The van der Waals surface area contributed by atoms with Gasteiger partial charge in [0.25, 0.3) is 5.91 Å². The number of nitrogens with one attached hydrogen (secondary N) is 1. The van der Waals surface area contributed by atoms with Gasteiger partial charge in [0, 0.05) is 28.9 Å². The van der Waals surface area contributed by atoms with Crippen LogP contribution in [-0.2, 0) is 0 Å². The smallest absolute Gasteiger partial charge is 0.252 e. The number of aromatic nitrogens is 1. The highest BCUT2D eigenvalue weighted by atomic mass is 127. The summed E-state index contributed by atoms with van der Waals surface area (Å²) in [6.07, 6.45) is 3.60. The second kappa shape index (κ2) is 8.57. The molecule has 2 heterocycles. The number of ether oxygens (including phenoxy) is 2. The van der Waals surface area contributed by atoms with Gasteiger partial charge in [0.2, 0.25) is 0 Å². The molecule has 1 N–H and O–H groups in total. The number of hydrogen-bond acceptors (Lipinski definition) is 5. The van der Waals surface area contributed by atoms with Crippen LogP contribution in [0.4, 0.5) is 5.82 Å². The lowest BCUT2D eigenvalue weighted by Crippen LogP contribution is -2.45. The first-order valence-corrected chi connectivity index (χ1v) is 9.58. The SMILES string of the molecule is COc1cc(I)c(C(=O)NC2CCN(c3ccccn3)CC2)cc1OC. The van der Waals surface area contributed by atoms with Gasteiger partial charge < -0.3 is 19.7 Å². The number of nitrogens with zero attached hydrogens (tertiary/aromatic N) is 2. The Morgan fingerprint density at radius 2 is 1.88 bits per heavy atom. The Morgan fingerprint density at radius 1 is 1.19 bits per heavy atom. The van der Waals surface area contributed by atoms with Crippen LogP contribution >= 0.6 is 22.6 Å². The Morgan fingerprint density at radius 3 is 2.50 bits per heavy atom. The Hall–Kier alpha value is -2.03. The lowest BCUT2D eigenvalue weighted by Gasteiger charge is -2.33. The van der Waals surface area contributed by atoms with Crippen molar-refractivity contribution in [1.82, 2.24) is 10.3 Å². The van der Waals surface area contributed by atoms with Crippen LogP contribution < -0.4 is 19.7 Å². The molecule has 7 heteroatoms. The van der Waals surface area contributed by atoms with Crippen molar-refractivity contribution in [3.63, 3.8) is 0 Å². The molecule has 2 aromatic rings. The topological polar surface area (TPSA) is 63.7 Å². The van der Waals surface area contributed by atoms with Gasteiger partial charge in [-0.15, -0.1) is 0 Å². The van der Waals surface area contributed by atoms with E-state index in [0.29, 0.717) is 17.1 Å². The van der Waals surface area contributed by atoms with Crippen LogP contribution in [0.5, 0.6) is 11.5 Å². The second-order valence-corrected chi connectivity index (χ2v) is 7.27. The maximum absolute atomic E-state index is 12.7. The average Bonchev–Trinajstić information content (AvgIpc) is 2.68. The number of anilines is 1. The van der Waals surface area contributed by atoms with Crippen LogP contribution in [0, 0.1) is 3.57 Å². The van der Waals surface area contributed by atoms with Crippen molar-refractivity contribution in [1.29, 1.82) is 0 Å². The minimum absolute atomic E-state index is 0.0772. The molecule has 1 saturated heterocycles. The molecular formula is C19H22IN3O3. The number of piperidine rings is 1. The Bertz CT molecular complexity index is 762. The predicted octanol–water partition coefficient (Wildman–Crippen LogP) is 3.10. The zero-order valence-corrected chi connectivity index (χ0v) is 17.0. The van der Waals surface area contributed by atoms with Gasteiger partial charge in [-0.2, -0.15) is 0 Å². The highest BCUT2D eigenvalue weighted by Gasteiger charge is 2.23. The standard InChI is InChI=1S/C19H22IN3O3/c1-25-16-11-14(15(20)12-17(16)26-2)19(24)22-13-6-9-23(10-7-13)18-5-3-4-8-21-18/h3-5,8,11-13H,6-7,9-10H2,1-2H3,(H,22,24). The Kier molecular flexibility index (Phi) is 6.18. The fraction of sp³-hybridized carbons (Fsp3) is 0.368. The van der Waals surface area contributed by atoms with Crippen LogP contribution in [0.15, 0.2) is 36.5 Å². The summed E-state index contributed by atoms with van der Waals surface area (Å²) in [5.74, 6) is 2.10. The molecule has 138 valence electrons. The highest BCUT2D eigenvalue weighted by molar-refractivity contribution is 14.1. The van der Waals surface area contributed by atoms with Crippen LogP contribution in [0.3, 0.4) is 0 Å². The summed E-state index contributed by atoms with van der Waals surface area (Å²) >= 11 is 2.15. The van der Waals surface area contributed by atoms with E-state index in [1.807, 2.05) is 30.5 Å². The third-order valence-corrected chi connectivity index (χ3v) is 5.41. The molecule has 1 amide bonds. The van der Waals surface area contributed by atoms with Crippen LogP contribution in [0.2, 0.25) is 0 Å². The van der Waals surface area contributed by atoms with Gasteiger partial charge in [0.05, 0.1) is 19.8 Å². The molecule has 1 aliphatic rings. The first-order valence-electron chi connectivity index (χ1n) is 8.50. The molecule has 26 heavy (non-hydrogen) atoms. The molecule has 3 rings (SSSR count). The number of methoxy groups -OCH3 is 2. The van der Waals surface area contributed by atoms with E-state index in [1.54, 1.807) is 20.3 Å². The van der Waals surface area contributed by atoms with Crippen LogP contribution in [-0.4, -0.2) is 44.2 Å². The van der Waals surface area contributed by atoms with E-state index in [9.17, 15) is 4.79 Å². The maximum atomic E-state index is 12.7. The molecule has 0 saturated carbocycles. The van der Waals surface area contributed by atoms with E-state index in [1.165, 1.54) is 0 Å². The summed E-state index contributed by atoms with van der Waals surface area (Å²) in [7, 11) is 3.16. The molecular weight excluding hydrogens is 445 g/mol. The number of amides is 1. The Labute approximate surface area is 167 Å². The van der Waals surface area contributed by atoms with Gasteiger partial charge in [-0.3, -0.25) is 4.79 Å². The highest BCUT2D eigenvalue weighted by Crippen LogP contribution is 2.31. The first-order chi connectivity index (χ1) is 12.6. The summed E-state index contributed by atoms with van der Waals surface area (Å²) in [4.78, 5) is 19.4. The van der Waals surface area contributed by atoms with Gasteiger partial charge in [-0.05, 0) is 59.7 Å². The van der Waals surface area contributed by atoms with E-state index in [0.717, 1.165) is 35.3 Å². The first kappa shape index (κ1) is 18.8. The average molecular weight is 467 g/mol. The molecule has 1 aliphatic heterocycles. The normalized spacial score (nSPS) is 14.8. The number of carbonyl (C=O) groups is 1. The number of hydrogen-bond donors (Lipinski definition) is 1. The zero-order chi connectivity index (χ0) is 18.5. The summed E-state index contributed by atoms with van der Waals surface area (Å²) in [5, 5.41) is 3.15. The summed E-state index contributed by atoms with van der Waals surface area (Å²) in [6.45, 7) is 1.76. The molecule has 6 nitrogen and oxygen atoms in total. The number of pyridine rings is 1. The van der Waals surface area contributed by atoms with E-state index >= 15 is 0 Å². The lowest BCUT2D eigenvalue weighted by atomic mass is 10.0. The number of carbonyl (C=O) groups excluding carboxylic acids is 1. The monoisotopic (exact) mass is 467 g/mol. The lowest BCUT2D eigenvalue weighted by molar-refractivity contribution is 0.0929. The molecule has 1 aromatic heterocycles. The Balaban J connectivity index is 1.63. The zero-order valence-electron chi connectivity index (χ0n) is 14.9. The summed E-state index contributed by atoms with van der Waals surface area (Å²) in [6, 6.07) is 9.64. The third-order valence-electron chi connectivity index (χ3n) is 4.52. The molecule has 0 aliphatic carbocycles. The number of benzene rings is 1.